The minimum absolute atomic E-state index is 0.0129. The van der Waals surface area contributed by atoms with Gasteiger partial charge in [0.05, 0.1) is 24.3 Å². The van der Waals surface area contributed by atoms with E-state index in [1.54, 1.807) is 24.3 Å². The van der Waals surface area contributed by atoms with Gasteiger partial charge in [-0.2, -0.15) is 0 Å². The molecule has 0 aromatic heterocycles. The minimum Gasteiger partial charge on any atom is -0.507 e. The van der Waals surface area contributed by atoms with E-state index < -0.39 is 17.7 Å². The third-order valence-electron chi connectivity index (χ3n) is 4.99. The third kappa shape index (κ3) is 4.74. The maximum Gasteiger partial charge on any atom is 0.295 e. The number of amides is 1. The summed E-state index contributed by atoms with van der Waals surface area (Å²) in [7, 11) is 0. The Balaban J connectivity index is 2.10. The van der Waals surface area contributed by atoms with Gasteiger partial charge in [0.15, 0.2) is 0 Å². The zero-order valence-corrected chi connectivity index (χ0v) is 18.4. The van der Waals surface area contributed by atoms with Gasteiger partial charge in [0, 0.05) is 12.1 Å². The largest absolute Gasteiger partial charge is 0.507 e. The summed E-state index contributed by atoms with van der Waals surface area (Å²) in [5, 5.41) is 11.1. The van der Waals surface area contributed by atoms with Gasteiger partial charge in [0.25, 0.3) is 11.7 Å². The van der Waals surface area contributed by atoms with Crippen LogP contribution in [0.2, 0.25) is 0 Å². The van der Waals surface area contributed by atoms with Crippen molar-refractivity contribution >= 4 is 17.4 Å². The fraction of sp³-hybridized carbons (Fsp3) is 0.360. The highest BCUT2D eigenvalue weighted by Gasteiger charge is 2.45. The summed E-state index contributed by atoms with van der Waals surface area (Å²) in [6.07, 6.45) is 0.676. The number of hydrogen-bond donors (Lipinski definition) is 1. The first-order chi connectivity index (χ1) is 14.9. The lowest BCUT2D eigenvalue weighted by Gasteiger charge is -2.25. The standard InChI is InChI=1S/C25H29NO5/c1-5-14-26-22(18-8-7-9-20(15-18)31-16(3)4)21(24(28)25(26)29)23(27)17-10-12-19(13-11-17)30-6-2/h7-13,15-16,22,27H,5-6,14H2,1-4H3/b23-21-. The van der Waals surface area contributed by atoms with Gasteiger partial charge in [-0.3, -0.25) is 9.59 Å². The second kappa shape index (κ2) is 9.69. The normalized spacial score (nSPS) is 18.0. The molecule has 0 bridgehead atoms. The molecular weight excluding hydrogens is 394 g/mol. The summed E-state index contributed by atoms with van der Waals surface area (Å²) in [5.41, 5.74) is 1.26. The maximum atomic E-state index is 13.0. The number of aliphatic hydroxyl groups is 1. The summed E-state index contributed by atoms with van der Waals surface area (Å²) in [6.45, 7) is 8.64. The molecule has 1 fully saturated rings. The zero-order valence-electron chi connectivity index (χ0n) is 18.4. The number of likely N-dealkylation sites (tertiary alicyclic amines) is 1. The van der Waals surface area contributed by atoms with Crippen molar-refractivity contribution in [3.05, 3.63) is 65.2 Å². The van der Waals surface area contributed by atoms with Crippen LogP contribution in [-0.4, -0.2) is 41.0 Å². The van der Waals surface area contributed by atoms with Gasteiger partial charge in [0.1, 0.15) is 17.3 Å². The molecule has 31 heavy (non-hydrogen) atoms. The zero-order chi connectivity index (χ0) is 22.5. The van der Waals surface area contributed by atoms with E-state index in [-0.39, 0.29) is 17.4 Å². The molecule has 1 N–H and O–H groups in total. The monoisotopic (exact) mass is 423 g/mol. The Morgan fingerprint density at radius 3 is 2.39 bits per heavy atom. The minimum atomic E-state index is -0.681. The van der Waals surface area contributed by atoms with Crippen molar-refractivity contribution in [1.29, 1.82) is 0 Å². The average molecular weight is 424 g/mol. The van der Waals surface area contributed by atoms with Gasteiger partial charge in [-0.05, 0) is 69.2 Å². The predicted octanol–water partition coefficient (Wildman–Crippen LogP) is 4.70. The van der Waals surface area contributed by atoms with Crippen LogP contribution >= 0.6 is 0 Å². The Morgan fingerprint density at radius 2 is 1.77 bits per heavy atom. The molecule has 1 atom stereocenters. The predicted molar refractivity (Wildman–Crippen MR) is 119 cm³/mol. The first-order valence-corrected chi connectivity index (χ1v) is 10.7. The second-order valence-electron chi connectivity index (χ2n) is 7.69. The summed E-state index contributed by atoms with van der Waals surface area (Å²) in [5.74, 6) is -0.161. The highest BCUT2D eigenvalue weighted by atomic mass is 16.5. The topological polar surface area (TPSA) is 76.1 Å². The highest BCUT2D eigenvalue weighted by Crippen LogP contribution is 2.40. The molecule has 6 heteroatoms. The molecular formula is C25H29NO5. The number of carbonyl (C=O) groups is 2. The Labute approximate surface area is 183 Å². The molecule has 6 nitrogen and oxygen atoms in total. The molecule has 1 heterocycles. The SMILES string of the molecule is CCCN1C(=O)C(=O)/C(=C(\O)c2ccc(OCC)cc2)C1c1cccc(OC(C)C)c1. The number of aliphatic hydroxyl groups excluding tert-OH is 1. The van der Waals surface area contributed by atoms with Gasteiger partial charge in [-0.25, -0.2) is 0 Å². The number of Topliss-reactive ketones (excluding diaryl/α,β-unsaturated/α-hetero) is 1. The van der Waals surface area contributed by atoms with Crippen LogP contribution in [0, 0.1) is 0 Å². The molecule has 1 saturated heterocycles. The summed E-state index contributed by atoms with van der Waals surface area (Å²) < 4.78 is 11.2. The van der Waals surface area contributed by atoms with Crippen molar-refractivity contribution < 1.29 is 24.2 Å². The molecule has 0 aliphatic carbocycles. The van der Waals surface area contributed by atoms with Gasteiger partial charge >= 0.3 is 0 Å². The number of hydrogen-bond acceptors (Lipinski definition) is 5. The smallest absolute Gasteiger partial charge is 0.295 e. The molecule has 2 aromatic rings. The van der Waals surface area contributed by atoms with Crippen LogP contribution in [0.1, 0.15) is 51.3 Å². The Morgan fingerprint density at radius 1 is 1.06 bits per heavy atom. The van der Waals surface area contributed by atoms with Gasteiger partial charge < -0.3 is 19.5 Å². The van der Waals surface area contributed by atoms with Gasteiger partial charge in [-0.1, -0.05) is 19.1 Å². The van der Waals surface area contributed by atoms with Crippen LogP contribution in [0.3, 0.4) is 0 Å². The Bertz CT molecular complexity index is 978. The molecule has 1 aliphatic rings. The molecule has 0 spiro atoms. The molecule has 1 aliphatic heterocycles. The fourth-order valence-corrected chi connectivity index (χ4v) is 3.76. The van der Waals surface area contributed by atoms with E-state index in [2.05, 4.69) is 0 Å². The molecule has 1 unspecified atom stereocenters. The Hall–Kier alpha value is -3.28. The Kier molecular flexibility index (Phi) is 7.00. The van der Waals surface area contributed by atoms with E-state index in [4.69, 9.17) is 9.47 Å². The van der Waals surface area contributed by atoms with Crippen molar-refractivity contribution in [2.75, 3.05) is 13.2 Å². The van der Waals surface area contributed by atoms with Crippen molar-refractivity contribution in [3.63, 3.8) is 0 Å². The van der Waals surface area contributed by atoms with Crippen LogP contribution in [0.15, 0.2) is 54.1 Å². The second-order valence-corrected chi connectivity index (χ2v) is 7.69. The molecule has 164 valence electrons. The summed E-state index contributed by atoms with van der Waals surface area (Å²) >= 11 is 0. The van der Waals surface area contributed by atoms with Crippen LogP contribution < -0.4 is 9.47 Å². The van der Waals surface area contributed by atoms with Crippen molar-refractivity contribution in [2.24, 2.45) is 0 Å². The third-order valence-corrected chi connectivity index (χ3v) is 4.99. The van der Waals surface area contributed by atoms with E-state index in [0.717, 1.165) is 5.56 Å². The number of nitrogens with zero attached hydrogens (tertiary/aromatic N) is 1. The highest BCUT2D eigenvalue weighted by molar-refractivity contribution is 6.46. The molecule has 0 radical (unpaired) electrons. The van der Waals surface area contributed by atoms with Gasteiger partial charge in [-0.15, -0.1) is 0 Å². The lowest BCUT2D eigenvalue weighted by Crippen LogP contribution is -2.30. The van der Waals surface area contributed by atoms with Crippen molar-refractivity contribution in [2.45, 2.75) is 46.3 Å². The van der Waals surface area contributed by atoms with Crippen LogP contribution in [0.25, 0.3) is 5.76 Å². The average Bonchev–Trinajstić information content (AvgIpc) is 2.99. The first kappa shape index (κ1) is 22.4. The summed E-state index contributed by atoms with van der Waals surface area (Å²) in [4.78, 5) is 27.3. The number of benzene rings is 2. The molecule has 1 amide bonds. The number of rotatable bonds is 8. The van der Waals surface area contributed by atoms with Crippen LogP contribution in [-0.2, 0) is 9.59 Å². The first-order valence-electron chi connectivity index (χ1n) is 10.7. The number of ketones is 1. The van der Waals surface area contributed by atoms with E-state index in [9.17, 15) is 14.7 Å². The number of ether oxygens (including phenoxy) is 2. The number of carbonyl (C=O) groups excluding carboxylic acids is 2. The van der Waals surface area contributed by atoms with E-state index in [1.165, 1.54) is 4.90 Å². The van der Waals surface area contributed by atoms with Crippen LogP contribution in [0.4, 0.5) is 0 Å². The fourth-order valence-electron chi connectivity index (χ4n) is 3.76. The van der Waals surface area contributed by atoms with E-state index in [0.29, 0.717) is 36.6 Å². The molecule has 0 saturated carbocycles. The maximum absolute atomic E-state index is 13.0. The van der Waals surface area contributed by atoms with Crippen molar-refractivity contribution in [1.82, 2.24) is 4.90 Å². The lowest BCUT2D eigenvalue weighted by atomic mass is 9.95. The van der Waals surface area contributed by atoms with E-state index in [1.807, 2.05) is 52.0 Å². The molecule has 3 rings (SSSR count). The van der Waals surface area contributed by atoms with Crippen molar-refractivity contribution in [3.8, 4) is 11.5 Å². The quantitative estimate of drug-likeness (QED) is 0.378. The van der Waals surface area contributed by atoms with E-state index >= 15 is 0 Å². The van der Waals surface area contributed by atoms with Crippen LogP contribution in [0.5, 0.6) is 11.5 Å². The summed E-state index contributed by atoms with van der Waals surface area (Å²) in [6, 6.07) is 13.5. The lowest BCUT2D eigenvalue weighted by molar-refractivity contribution is -0.139. The van der Waals surface area contributed by atoms with Gasteiger partial charge in [0.2, 0.25) is 0 Å². The molecule has 2 aromatic carbocycles.